The largest absolute Gasteiger partial charge is 0.549 e. The Morgan fingerprint density at radius 2 is 2.44 bits per heavy atom. The molecule has 0 atom stereocenters. The number of thiazole rings is 1. The summed E-state index contributed by atoms with van der Waals surface area (Å²) in [5, 5.41) is 10.3. The molecule has 0 amide bonds. The van der Waals surface area contributed by atoms with E-state index < -0.39 is 5.97 Å². The SMILES string of the molecule is COc1ccc2sc(SCC(=O)[O-])nc2c1. The van der Waals surface area contributed by atoms with Crippen molar-refractivity contribution in [3.05, 3.63) is 18.2 Å². The Bertz CT molecular complexity index is 524. The van der Waals surface area contributed by atoms with Crippen LogP contribution in [0.3, 0.4) is 0 Å². The Balaban J connectivity index is 2.25. The van der Waals surface area contributed by atoms with E-state index in [4.69, 9.17) is 4.74 Å². The minimum absolute atomic E-state index is 0.0725. The van der Waals surface area contributed by atoms with E-state index in [0.29, 0.717) is 0 Å². The molecular formula is C10H8NO3S2-. The lowest BCUT2D eigenvalue weighted by Gasteiger charge is -1.96. The van der Waals surface area contributed by atoms with Crippen molar-refractivity contribution < 1.29 is 14.6 Å². The second kappa shape index (κ2) is 4.71. The van der Waals surface area contributed by atoms with Crippen LogP contribution in [0.5, 0.6) is 5.75 Å². The molecule has 0 saturated heterocycles. The summed E-state index contributed by atoms with van der Waals surface area (Å²) in [6.07, 6.45) is 0. The molecule has 0 radical (unpaired) electrons. The molecule has 0 unspecified atom stereocenters. The number of thioether (sulfide) groups is 1. The first-order valence-corrected chi connectivity index (χ1v) is 6.26. The van der Waals surface area contributed by atoms with Crippen molar-refractivity contribution in [2.24, 2.45) is 0 Å². The summed E-state index contributed by atoms with van der Waals surface area (Å²) in [6, 6.07) is 5.59. The molecule has 1 heterocycles. The van der Waals surface area contributed by atoms with Gasteiger partial charge in [0, 0.05) is 11.8 Å². The number of fused-ring (bicyclic) bond motifs is 1. The predicted octanol–water partition coefficient (Wildman–Crippen LogP) is 1.15. The molecule has 16 heavy (non-hydrogen) atoms. The number of carbonyl (C=O) groups is 1. The van der Waals surface area contributed by atoms with E-state index >= 15 is 0 Å². The summed E-state index contributed by atoms with van der Waals surface area (Å²) in [7, 11) is 1.60. The molecule has 0 aliphatic carbocycles. The van der Waals surface area contributed by atoms with Crippen molar-refractivity contribution in [1.29, 1.82) is 0 Å². The molecule has 1 aromatic carbocycles. The van der Waals surface area contributed by atoms with Crippen LogP contribution in [0.4, 0.5) is 0 Å². The minimum Gasteiger partial charge on any atom is -0.549 e. The summed E-state index contributed by atoms with van der Waals surface area (Å²) in [6.45, 7) is 0. The number of hydrogen-bond donors (Lipinski definition) is 0. The minimum atomic E-state index is -1.08. The zero-order valence-corrected chi connectivity index (χ0v) is 10.1. The van der Waals surface area contributed by atoms with Gasteiger partial charge < -0.3 is 14.6 Å². The fourth-order valence-corrected chi connectivity index (χ4v) is 2.96. The Labute approximate surface area is 100 Å². The zero-order chi connectivity index (χ0) is 11.5. The number of hydrogen-bond acceptors (Lipinski definition) is 6. The van der Waals surface area contributed by atoms with Gasteiger partial charge in [0.1, 0.15) is 5.75 Å². The van der Waals surface area contributed by atoms with E-state index in [1.54, 1.807) is 7.11 Å². The lowest BCUT2D eigenvalue weighted by atomic mass is 10.3. The third-order valence-corrected chi connectivity index (χ3v) is 4.04. The molecular weight excluding hydrogens is 246 g/mol. The van der Waals surface area contributed by atoms with Gasteiger partial charge in [-0.25, -0.2) is 4.98 Å². The lowest BCUT2D eigenvalue weighted by Crippen LogP contribution is -2.24. The number of aliphatic carboxylic acids is 1. The Morgan fingerprint density at radius 3 is 3.12 bits per heavy atom. The normalized spacial score (nSPS) is 10.6. The fraction of sp³-hybridized carbons (Fsp3) is 0.200. The maximum absolute atomic E-state index is 10.3. The van der Waals surface area contributed by atoms with Gasteiger partial charge in [0.25, 0.3) is 0 Å². The quantitative estimate of drug-likeness (QED) is 0.766. The number of carboxylic acid groups (broad SMARTS) is 1. The third-order valence-electron chi connectivity index (χ3n) is 1.89. The molecule has 4 nitrogen and oxygen atoms in total. The summed E-state index contributed by atoms with van der Waals surface area (Å²) in [5.41, 5.74) is 0.824. The maximum Gasteiger partial charge on any atom is 0.151 e. The second-order valence-corrected chi connectivity index (χ2v) is 5.23. The van der Waals surface area contributed by atoms with Gasteiger partial charge in [-0.3, -0.25) is 0 Å². The van der Waals surface area contributed by atoms with E-state index in [9.17, 15) is 9.90 Å². The molecule has 2 aromatic rings. The summed E-state index contributed by atoms with van der Waals surface area (Å²) in [4.78, 5) is 14.6. The van der Waals surface area contributed by atoms with Crippen molar-refractivity contribution in [3.63, 3.8) is 0 Å². The smallest absolute Gasteiger partial charge is 0.151 e. The molecule has 0 bridgehead atoms. The van der Waals surface area contributed by atoms with Crippen LogP contribution in [0.1, 0.15) is 0 Å². The molecule has 0 aliphatic rings. The number of benzene rings is 1. The molecule has 0 saturated carbocycles. The highest BCUT2D eigenvalue weighted by Gasteiger charge is 2.05. The molecule has 2 rings (SSSR count). The van der Waals surface area contributed by atoms with E-state index in [1.165, 1.54) is 23.1 Å². The first kappa shape index (κ1) is 11.2. The van der Waals surface area contributed by atoms with Gasteiger partial charge in [-0.1, -0.05) is 11.8 Å². The van der Waals surface area contributed by atoms with Crippen molar-refractivity contribution in [3.8, 4) is 5.75 Å². The molecule has 0 spiro atoms. The van der Waals surface area contributed by atoms with Gasteiger partial charge in [0.05, 0.1) is 23.3 Å². The Kier molecular flexibility index (Phi) is 3.31. The summed E-state index contributed by atoms with van der Waals surface area (Å²) < 4.78 is 6.83. The van der Waals surface area contributed by atoms with Gasteiger partial charge >= 0.3 is 0 Å². The van der Waals surface area contributed by atoms with Crippen LogP contribution in [0.25, 0.3) is 10.2 Å². The highest BCUT2D eigenvalue weighted by atomic mass is 32.2. The van der Waals surface area contributed by atoms with Crippen LogP contribution in [0.2, 0.25) is 0 Å². The van der Waals surface area contributed by atoms with Crippen LogP contribution in [0.15, 0.2) is 22.5 Å². The maximum atomic E-state index is 10.3. The number of nitrogens with zero attached hydrogens (tertiary/aromatic N) is 1. The van der Waals surface area contributed by atoms with E-state index in [1.807, 2.05) is 18.2 Å². The number of ether oxygens (including phenoxy) is 1. The van der Waals surface area contributed by atoms with Gasteiger partial charge in [-0.15, -0.1) is 11.3 Å². The second-order valence-electron chi connectivity index (χ2n) is 2.97. The van der Waals surface area contributed by atoms with Crippen molar-refractivity contribution in [2.45, 2.75) is 4.34 Å². The molecule has 6 heteroatoms. The standard InChI is InChI=1S/C10H9NO3S2/c1-14-6-2-3-8-7(4-6)11-10(16-8)15-5-9(12)13/h2-4H,5H2,1H3,(H,12,13)/p-1. The van der Waals surface area contributed by atoms with Crippen LogP contribution in [-0.2, 0) is 4.79 Å². The van der Waals surface area contributed by atoms with Gasteiger partial charge in [0.15, 0.2) is 4.34 Å². The molecule has 0 aliphatic heterocycles. The van der Waals surface area contributed by atoms with Crippen LogP contribution >= 0.6 is 23.1 Å². The number of carbonyl (C=O) groups excluding carboxylic acids is 1. The number of rotatable bonds is 4. The predicted molar refractivity (Wildman–Crippen MR) is 61.9 cm³/mol. The van der Waals surface area contributed by atoms with Gasteiger partial charge in [-0.05, 0) is 12.1 Å². The first-order chi connectivity index (χ1) is 7.69. The highest BCUT2D eigenvalue weighted by Crippen LogP contribution is 2.31. The van der Waals surface area contributed by atoms with Gasteiger partial charge in [-0.2, -0.15) is 0 Å². The number of aromatic nitrogens is 1. The fourth-order valence-electron chi connectivity index (χ4n) is 1.20. The van der Waals surface area contributed by atoms with E-state index in [-0.39, 0.29) is 5.75 Å². The average molecular weight is 254 g/mol. The van der Waals surface area contributed by atoms with Crippen molar-refractivity contribution in [1.82, 2.24) is 4.98 Å². The number of carboxylic acids is 1. The molecule has 84 valence electrons. The lowest BCUT2D eigenvalue weighted by molar-refractivity contribution is -0.301. The summed E-state index contributed by atoms with van der Waals surface area (Å²) >= 11 is 2.64. The highest BCUT2D eigenvalue weighted by molar-refractivity contribution is 8.01. The van der Waals surface area contributed by atoms with Crippen molar-refractivity contribution in [2.75, 3.05) is 12.9 Å². The van der Waals surface area contributed by atoms with Crippen molar-refractivity contribution >= 4 is 39.3 Å². The van der Waals surface area contributed by atoms with Crippen LogP contribution in [0, 0.1) is 0 Å². The van der Waals surface area contributed by atoms with Crippen LogP contribution in [-0.4, -0.2) is 23.8 Å². The topological polar surface area (TPSA) is 62.2 Å². The van der Waals surface area contributed by atoms with E-state index in [0.717, 1.165) is 20.3 Å². The Morgan fingerprint density at radius 1 is 1.62 bits per heavy atom. The third kappa shape index (κ3) is 2.45. The first-order valence-electron chi connectivity index (χ1n) is 4.46. The van der Waals surface area contributed by atoms with Gasteiger partial charge in [0.2, 0.25) is 0 Å². The Hall–Kier alpha value is -1.27. The summed E-state index contributed by atoms with van der Waals surface area (Å²) in [5.74, 6) is -0.409. The zero-order valence-electron chi connectivity index (χ0n) is 8.43. The molecule has 0 N–H and O–H groups in total. The van der Waals surface area contributed by atoms with E-state index in [2.05, 4.69) is 4.98 Å². The monoisotopic (exact) mass is 254 g/mol. The molecule has 1 aromatic heterocycles. The number of methoxy groups -OCH3 is 1. The van der Waals surface area contributed by atoms with Crippen LogP contribution < -0.4 is 9.84 Å². The molecule has 0 fully saturated rings. The average Bonchev–Trinajstić information content (AvgIpc) is 2.67.